The third-order valence-electron chi connectivity index (χ3n) is 4.46. The molecule has 31 heavy (non-hydrogen) atoms. The molecule has 0 aliphatic heterocycles. The van der Waals surface area contributed by atoms with Gasteiger partial charge in [-0.3, -0.25) is 14.9 Å². The van der Waals surface area contributed by atoms with Crippen LogP contribution in [-0.4, -0.2) is 20.8 Å². The number of hydrogen-bond donors (Lipinski definition) is 1. The third kappa shape index (κ3) is 5.05. The van der Waals surface area contributed by atoms with Gasteiger partial charge < -0.3 is 5.32 Å². The number of nitro benzene ring substituents is 1. The van der Waals surface area contributed by atoms with Gasteiger partial charge in [-0.1, -0.05) is 48.2 Å². The average Bonchev–Trinajstić information content (AvgIpc) is 2.73. The van der Waals surface area contributed by atoms with Crippen molar-refractivity contribution in [3.63, 3.8) is 0 Å². The standard InChI is InChI=1S/C22H19N5O3S/c1-13-9-10-18(19(11-13)27(29)30)26-21(28)20(16-7-5-4-6-8-16)31-22-17(12-23)14(2)24-15(3)25-22/h4-11,20H,1-3H3,(H,26,28). The quantitative estimate of drug-likeness (QED) is 0.260. The molecule has 0 aliphatic rings. The minimum absolute atomic E-state index is 0.109. The molecule has 1 unspecified atom stereocenters. The largest absolute Gasteiger partial charge is 0.319 e. The maximum atomic E-state index is 13.3. The predicted octanol–water partition coefficient (Wildman–Crippen LogP) is 4.65. The summed E-state index contributed by atoms with van der Waals surface area (Å²) in [7, 11) is 0. The van der Waals surface area contributed by atoms with Gasteiger partial charge in [0.05, 0.1) is 10.6 Å². The molecule has 0 spiro atoms. The Morgan fingerprint density at radius 2 is 1.87 bits per heavy atom. The van der Waals surface area contributed by atoms with Gasteiger partial charge in [-0.15, -0.1) is 0 Å². The van der Waals surface area contributed by atoms with E-state index in [0.29, 0.717) is 33.2 Å². The van der Waals surface area contributed by atoms with E-state index in [-0.39, 0.29) is 11.4 Å². The minimum atomic E-state index is -0.789. The molecule has 2 aromatic carbocycles. The lowest BCUT2D eigenvalue weighted by Gasteiger charge is -2.18. The molecular formula is C22H19N5O3S. The minimum Gasteiger partial charge on any atom is -0.319 e. The molecule has 3 rings (SSSR count). The Labute approximate surface area is 183 Å². The molecule has 0 saturated heterocycles. The number of anilines is 1. The molecule has 1 aromatic heterocycles. The second-order valence-corrected chi connectivity index (χ2v) is 7.92. The fraction of sp³-hybridized carbons (Fsp3) is 0.182. The van der Waals surface area contributed by atoms with Crippen molar-refractivity contribution in [1.29, 1.82) is 5.26 Å². The summed E-state index contributed by atoms with van der Waals surface area (Å²) < 4.78 is 0. The highest BCUT2D eigenvalue weighted by molar-refractivity contribution is 8.00. The Balaban J connectivity index is 2.01. The fourth-order valence-corrected chi connectivity index (χ4v) is 4.18. The molecule has 0 radical (unpaired) electrons. The molecular weight excluding hydrogens is 414 g/mol. The number of nitrogens with zero attached hydrogens (tertiary/aromatic N) is 4. The van der Waals surface area contributed by atoms with Crippen LogP contribution in [-0.2, 0) is 4.79 Å². The average molecular weight is 433 g/mol. The number of thioether (sulfide) groups is 1. The van der Waals surface area contributed by atoms with E-state index < -0.39 is 16.1 Å². The second-order valence-electron chi connectivity index (χ2n) is 6.82. The summed E-state index contributed by atoms with van der Waals surface area (Å²) in [6, 6.07) is 15.7. The number of benzene rings is 2. The lowest BCUT2D eigenvalue weighted by atomic mass is 10.1. The van der Waals surface area contributed by atoms with Crippen LogP contribution < -0.4 is 5.32 Å². The van der Waals surface area contributed by atoms with E-state index in [1.54, 1.807) is 51.1 Å². The van der Waals surface area contributed by atoms with Crippen LogP contribution in [0, 0.1) is 42.2 Å². The van der Waals surface area contributed by atoms with Crippen molar-refractivity contribution in [2.24, 2.45) is 0 Å². The van der Waals surface area contributed by atoms with Gasteiger partial charge in [-0.2, -0.15) is 5.26 Å². The van der Waals surface area contributed by atoms with E-state index in [1.807, 2.05) is 6.07 Å². The summed E-state index contributed by atoms with van der Waals surface area (Å²) >= 11 is 1.11. The summed E-state index contributed by atoms with van der Waals surface area (Å²) in [5.74, 6) is 0.0290. The van der Waals surface area contributed by atoms with Gasteiger partial charge >= 0.3 is 0 Å². The van der Waals surface area contributed by atoms with E-state index in [1.165, 1.54) is 12.1 Å². The molecule has 1 atom stereocenters. The maximum absolute atomic E-state index is 13.3. The van der Waals surface area contributed by atoms with E-state index in [4.69, 9.17) is 0 Å². The highest BCUT2D eigenvalue weighted by atomic mass is 32.2. The zero-order valence-corrected chi connectivity index (χ0v) is 17.9. The first kappa shape index (κ1) is 21.9. The van der Waals surface area contributed by atoms with Crippen molar-refractivity contribution >= 4 is 29.0 Å². The molecule has 0 aliphatic carbocycles. The number of rotatable bonds is 6. The van der Waals surface area contributed by atoms with E-state index in [2.05, 4.69) is 21.4 Å². The molecule has 1 amide bonds. The topological polar surface area (TPSA) is 122 Å². The van der Waals surface area contributed by atoms with Crippen LogP contribution in [0.1, 0.15) is 33.5 Å². The highest BCUT2D eigenvalue weighted by Gasteiger charge is 2.27. The van der Waals surface area contributed by atoms with Crippen LogP contribution in [0.25, 0.3) is 0 Å². The van der Waals surface area contributed by atoms with Crippen LogP contribution in [0.3, 0.4) is 0 Å². The summed E-state index contributed by atoms with van der Waals surface area (Å²) in [5, 5.41) is 23.3. The van der Waals surface area contributed by atoms with Crippen LogP contribution >= 0.6 is 11.8 Å². The van der Waals surface area contributed by atoms with E-state index in [9.17, 15) is 20.2 Å². The van der Waals surface area contributed by atoms with Gasteiger partial charge in [0.2, 0.25) is 5.91 Å². The molecule has 0 fully saturated rings. The lowest BCUT2D eigenvalue weighted by molar-refractivity contribution is -0.384. The summed E-state index contributed by atoms with van der Waals surface area (Å²) in [6.07, 6.45) is 0. The molecule has 1 N–H and O–H groups in total. The van der Waals surface area contributed by atoms with Crippen molar-refractivity contribution in [3.05, 3.63) is 86.9 Å². The Hall–Kier alpha value is -3.77. The molecule has 3 aromatic rings. The first-order valence-corrected chi connectivity index (χ1v) is 10.2. The number of carbonyl (C=O) groups is 1. The van der Waals surface area contributed by atoms with Gasteiger partial charge in [0.15, 0.2) is 0 Å². The molecule has 8 nitrogen and oxygen atoms in total. The second kappa shape index (κ2) is 9.36. The number of carbonyl (C=O) groups excluding carboxylic acids is 1. The van der Waals surface area contributed by atoms with Crippen molar-refractivity contribution < 1.29 is 9.72 Å². The third-order valence-corrected chi connectivity index (χ3v) is 5.70. The van der Waals surface area contributed by atoms with Gasteiger partial charge in [0, 0.05) is 6.07 Å². The summed E-state index contributed by atoms with van der Waals surface area (Å²) in [5.41, 5.74) is 2.14. The Morgan fingerprint density at radius 3 is 2.52 bits per heavy atom. The number of hydrogen-bond acceptors (Lipinski definition) is 7. The zero-order chi connectivity index (χ0) is 22.5. The number of nitriles is 1. The summed E-state index contributed by atoms with van der Waals surface area (Å²) in [6.45, 7) is 5.17. The van der Waals surface area contributed by atoms with Crippen molar-refractivity contribution in [2.75, 3.05) is 5.32 Å². The van der Waals surface area contributed by atoms with Gasteiger partial charge in [0.1, 0.15) is 33.4 Å². The highest BCUT2D eigenvalue weighted by Crippen LogP contribution is 2.38. The van der Waals surface area contributed by atoms with Crippen molar-refractivity contribution in [3.8, 4) is 6.07 Å². The maximum Gasteiger partial charge on any atom is 0.293 e. The van der Waals surface area contributed by atoms with E-state index in [0.717, 1.165) is 11.8 Å². The lowest BCUT2D eigenvalue weighted by Crippen LogP contribution is -2.20. The summed E-state index contributed by atoms with van der Waals surface area (Å²) in [4.78, 5) is 32.7. The first-order chi connectivity index (χ1) is 14.8. The number of aromatic nitrogens is 2. The van der Waals surface area contributed by atoms with Gasteiger partial charge in [-0.25, -0.2) is 9.97 Å². The molecule has 0 bridgehead atoms. The fourth-order valence-electron chi connectivity index (χ4n) is 3.00. The van der Waals surface area contributed by atoms with Crippen LogP contribution in [0.5, 0.6) is 0 Å². The Bertz CT molecular complexity index is 1190. The molecule has 0 saturated carbocycles. The SMILES string of the molecule is Cc1ccc(NC(=O)C(Sc2nc(C)nc(C)c2C#N)c2ccccc2)c([N+](=O)[O-])c1. The van der Waals surface area contributed by atoms with Crippen LogP contribution in [0.4, 0.5) is 11.4 Å². The van der Waals surface area contributed by atoms with Crippen molar-refractivity contribution in [1.82, 2.24) is 9.97 Å². The predicted molar refractivity (Wildman–Crippen MR) is 118 cm³/mol. The molecule has 156 valence electrons. The monoisotopic (exact) mass is 433 g/mol. The van der Waals surface area contributed by atoms with Crippen LogP contribution in [0.2, 0.25) is 0 Å². The normalized spacial score (nSPS) is 11.4. The smallest absolute Gasteiger partial charge is 0.293 e. The van der Waals surface area contributed by atoms with Crippen molar-refractivity contribution in [2.45, 2.75) is 31.0 Å². The number of aryl methyl sites for hydroxylation is 3. The number of nitro groups is 1. The number of nitrogens with one attached hydrogen (secondary N) is 1. The van der Waals surface area contributed by atoms with Gasteiger partial charge in [0.25, 0.3) is 5.69 Å². The Kier molecular flexibility index (Phi) is 6.62. The van der Waals surface area contributed by atoms with Gasteiger partial charge in [-0.05, 0) is 38.0 Å². The van der Waals surface area contributed by atoms with E-state index >= 15 is 0 Å². The Morgan fingerprint density at radius 1 is 1.16 bits per heavy atom. The molecule has 1 heterocycles. The molecule has 9 heteroatoms. The van der Waals surface area contributed by atoms with Crippen LogP contribution in [0.15, 0.2) is 53.6 Å². The number of amides is 1. The zero-order valence-electron chi connectivity index (χ0n) is 17.1. The first-order valence-electron chi connectivity index (χ1n) is 9.33.